The topological polar surface area (TPSA) is 123 Å². The second-order valence-electron chi connectivity index (χ2n) is 7.69. The number of carbonyl (C=O) groups is 3. The number of esters is 1. The van der Waals surface area contributed by atoms with Gasteiger partial charge in [-0.15, -0.1) is 0 Å². The van der Waals surface area contributed by atoms with Crippen molar-refractivity contribution in [1.82, 2.24) is 10.5 Å². The van der Waals surface area contributed by atoms with Crippen LogP contribution in [-0.2, 0) is 9.53 Å². The number of halogens is 3. The molecular formula is C23H21F3N4O5. The molecule has 0 radical (unpaired) electrons. The van der Waals surface area contributed by atoms with Gasteiger partial charge in [0.1, 0.15) is 29.2 Å². The molecule has 0 saturated carbocycles. The van der Waals surface area contributed by atoms with Crippen molar-refractivity contribution in [3.05, 3.63) is 65.7 Å². The minimum Gasteiger partial charge on any atom is -0.467 e. The molecular weight excluding hydrogens is 469 g/mol. The van der Waals surface area contributed by atoms with Crippen molar-refractivity contribution in [3.63, 3.8) is 0 Å². The fourth-order valence-electron chi connectivity index (χ4n) is 3.00. The van der Waals surface area contributed by atoms with Gasteiger partial charge in [-0.25, -0.2) is 22.8 Å². The van der Waals surface area contributed by atoms with Gasteiger partial charge in [0.2, 0.25) is 5.76 Å². The Morgan fingerprint density at radius 1 is 0.943 bits per heavy atom. The van der Waals surface area contributed by atoms with Gasteiger partial charge in [0.25, 0.3) is 5.91 Å². The largest absolute Gasteiger partial charge is 0.467 e. The van der Waals surface area contributed by atoms with Crippen LogP contribution in [0, 0.1) is 23.4 Å². The molecule has 3 aromatic rings. The zero-order valence-corrected chi connectivity index (χ0v) is 18.8. The summed E-state index contributed by atoms with van der Waals surface area (Å²) in [6.07, 6.45) is 0. The predicted molar refractivity (Wildman–Crippen MR) is 119 cm³/mol. The summed E-state index contributed by atoms with van der Waals surface area (Å²) in [5.41, 5.74) is -0.166. The molecule has 12 heteroatoms. The normalized spacial score (nSPS) is 11.6. The number of carbonyl (C=O) groups excluding carboxylic acids is 3. The molecule has 35 heavy (non-hydrogen) atoms. The van der Waals surface area contributed by atoms with Gasteiger partial charge in [0.15, 0.2) is 0 Å². The highest BCUT2D eigenvalue weighted by atomic mass is 19.1. The monoisotopic (exact) mass is 490 g/mol. The number of benzene rings is 2. The Morgan fingerprint density at radius 3 is 2.14 bits per heavy atom. The molecule has 1 heterocycles. The van der Waals surface area contributed by atoms with Gasteiger partial charge in [0, 0.05) is 17.7 Å². The van der Waals surface area contributed by atoms with Crippen LogP contribution in [0.25, 0.3) is 11.3 Å². The lowest BCUT2D eigenvalue weighted by Crippen LogP contribution is -2.44. The van der Waals surface area contributed by atoms with Crippen molar-refractivity contribution in [2.45, 2.75) is 19.9 Å². The summed E-state index contributed by atoms with van der Waals surface area (Å²) in [7, 11) is 1.20. The van der Waals surface area contributed by atoms with E-state index in [1.54, 1.807) is 13.8 Å². The van der Waals surface area contributed by atoms with Crippen LogP contribution >= 0.6 is 0 Å². The van der Waals surface area contributed by atoms with Crippen molar-refractivity contribution < 1.29 is 36.8 Å². The SMILES string of the molecule is COC(=O)C(NC(=O)c1cc(-c2ccc(NC(=O)Nc3ccc(F)cc3F)c(F)c2)no1)C(C)C. The molecule has 0 bridgehead atoms. The van der Waals surface area contributed by atoms with Gasteiger partial charge < -0.3 is 25.2 Å². The molecule has 2 aromatic carbocycles. The Balaban J connectivity index is 1.69. The molecule has 0 aliphatic carbocycles. The lowest BCUT2D eigenvalue weighted by molar-refractivity contribution is -0.144. The first-order chi connectivity index (χ1) is 16.6. The van der Waals surface area contributed by atoms with E-state index < -0.39 is 41.4 Å². The second-order valence-corrected chi connectivity index (χ2v) is 7.69. The number of amides is 3. The van der Waals surface area contributed by atoms with Gasteiger partial charge in [-0.1, -0.05) is 25.1 Å². The van der Waals surface area contributed by atoms with Crippen LogP contribution in [0.5, 0.6) is 0 Å². The molecule has 3 N–H and O–H groups in total. The highest BCUT2D eigenvalue weighted by Gasteiger charge is 2.27. The number of nitrogens with zero attached hydrogens (tertiary/aromatic N) is 1. The third kappa shape index (κ3) is 6.16. The molecule has 3 amide bonds. The Morgan fingerprint density at radius 2 is 1.57 bits per heavy atom. The zero-order valence-electron chi connectivity index (χ0n) is 18.8. The first-order valence-corrected chi connectivity index (χ1v) is 10.3. The zero-order chi connectivity index (χ0) is 25.7. The van der Waals surface area contributed by atoms with E-state index in [-0.39, 0.29) is 34.3 Å². The molecule has 0 spiro atoms. The Bertz CT molecular complexity index is 1260. The highest BCUT2D eigenvalue weighted by Crippen LogP contribution is 2.25. The lowest BCUT2D eigenvalue weighted by atomic mass is 10.0. The molecule has 0 aliphatic rings. The van der Waals surface area contributed by atoms with Crippen molar-refractivity contribution in [1.29, 1.82) is 0 Å². The first-order valence-electron chi connectivity index (χ1n) is 10.3. The van der Waals surface area contributed by atoms with Gasteiger partial charge in [-0.2, -0.15) is 0 Å². The van der Waals surface area contributed by atoms with Crippen molar-refractivity contribution in [3.8, 4) is 11.3 Å². The van der Waals surface area contributed by atoms with E-state index in [1.807, 2.05) is 0 Å². The molecule has 0 aliphatic heterocycles. The van der Waals surface area contributed by atoms with Crippen LogP contribution < -0.4 is 16.0 Å². The summed E-state index contributed by atoms with van der Waals surface area (Å²) >= 11 is 0. The molecule has 0 fully saturated rings. The quantitative estimate of drug-likeness (QED) is 0.424. The second kappa shape index (κ2) is 10.7. The summed E-state index contributed by atoms with van der Waals surface area (Å²) in [6.45, 7) is 3.45. The van der Waals surface area contributed by atoms with Crippen LogP contribution in [0.1, 0.15) is 24.4 Å². The number of hydrogen-bond acceptors (Lipinski definition) is 6. The van der Waals surface area contributed by atoms with Crippen LogP contribution in [0.2, 0.25) is 0 Å². The average Bonchev–Trinajstić information content (AvgIpc) is 3.30. The minimum absolute atomic E-state index is 0.123. The van der Waals surface area contributed by atoms with E-state index in [9.17, 15) is 27.6 Å². The molecule has 0 saturated heterocycles. The maximum Gasteiger partial charge on any atom is 0.328 e. The fraction of sp³-hybridized carbons (Fsp3) is 0.217. The molecule has 1 aromatic heterocycles. The number of hydrogen-bond donors (Lipinski definition) is 3. The van der Waals surface area contributed by atoms with E-state index in [1.165, 1.54) is 25.3 Å². The van der Waals surface area contributed by atoms with Gasteiger partial charge >= 0.3 is 12.0 Å². The molecule has 3 rings (SSSR count). The third-order valence-electron chi connectivity index (χ3n) is 4.83. The van der Waals surface area contributed by atoms with E-state index in [4.69, 9.17) is 4.52 Å². The summed E-state index contributed by atoms with van der Waals surface area (Å²) in [4.78, 5) is 36.3. The van der Waals surface area contributed by atoms with Crippen LogP contribution in [-0.4, -0.2) is 36.2 Å². The smallest absolute Gasteiger partial charge is 0.328 e. The van der Waals surface area contributed by atoms with E-state index >= 15 is 0 Å². The van der Waals surface area contributed by atoms with Gasteiger partial charge in [0.05, 0.1) is 18.5 Å². The fourth-order valence-corrected chi connectivity index (χ4v) is 3.00. The van der Waals surface area contributed by atoms with Crippen molar-refractivity contribution in [2.75, 3.05) is 17.7 Å². The maximum atomic E-state index is 14.6. The first kappa shape index (κ1) is 25.3. The molecule has 1 unspecified atom stereocenters. The number of rotatable bonds is 7. The number of nitrogens with one attached hydrogen (secondary N) is 3. The Hall–Kier alpha value is -4.35. The number of anilines is 2. The number of methoxy groups -OCH3 is 1. The Labute approximate surface area is 197 Å². The van der Waals surface area contributed by atoms with Crippen molar-refractivity contribution in [2.24, 2.45) is 5.92 Å². The lowest BCUT2D eigenvalue weighted by Gasteiger charge is -2.18. The number of aromatic nitrogens is 1. The van der Waals surface area contributed by atoms with E-state index in [0.717, 1.165) is 18.2 Å². The summed E-state index contributed by atoms with van der Waals surface area (Å²) < 4.78 is 50.9. The standard InChI is InChI=1S/C23H21F3N4O5/c1-11(2)20(22(32)34-3)29-21(31)19-10-18(30-35-19)12-4-6-16(14(25)8-12)27-23(33)28-17-7-5-13(24)9-15(17)26/h4-11,20H,1-3H3,(H,29,31)(H2,27,28,33). The van der Waals surface area contributed by atoms with E-state index in [0.29, 0.717) is 6.07 Å². The van der Waals surface area contributed by atoms with Crippen molar-refractivity contribution >= 4 is 29.3 Å². The Kier molecular flexibility index (Phi) is 7.74. The van der Waals surface area contributed by atoms with Crippen LogP contribution in [0.4, 0.5) is 29.3 Å². The van der Waals surface area contributed by atoms with Gasteiger partial charge in [-0.05, 0) is 30.2 Å². The average molecular weight is 490 g/mol. The number of ether oxygens (including phenoxy) is 1. The van der Waals surface area contributed by atoms with Crippen LogP contribution in [0.15, 0.2) is 47.0 Å². The minimum atomic E-state index is -0.992. The summed E-state index contributed by atoms with van der Waals surface area (Å²) in [6, 6.07) is 5.65. The third-order valence-corrected chi connectivity index (χ3v) is 4.83. The molecule has 184 valence electrons. The van der Waals surface area contributed by atoms with E-state index in [2.05, 4.69) is 25.8 Å². The maximum absolute atomic E-state index is 14.6. The van der Waals surface area contributed by atoms with Gasteiger partial charge in [-0.3, -0.25) is 4.79 Å². The molecule has 9 nitrogen and oxygen atoms in total. The summed E-state index contributed by atoms with van der Waals surface area (Å²) in [5.74, 6) is -4.45. The number of urea groups is 1. The predicted octanol–water partition coefficient (Wildman–Crippen LogP) is 4.33. The highest BCUT2D eigenvalue weighted by molar-refractivity contribution is 6.00. The summed E-state index contributed by atoms with van der Waals surface area (Å²) in [5, 5.41) is 10.6. The molecule has 1 atom stereocenters. The van der Waals surface area contributed by atoms with Crippen LogP contribution in [0.3, 0.4) is 0 Å².